The molecular weight excluding hydrogens is 180 g/mol. The number of carbonyl (C=O) groups is 2. The lowest BCUT2D eigenvalue weighted by molar-refractivity contribution is -0.125. The standard InChI is InChI=1S/C10H10N2O2/c1-7-4-2-3-5-12(7)8-6-9(13)11-10(8)14/h2-5,8H,1,6H2,(H,11,13,14). The smallest absolute Gasteiger partial charge is 0.250 e. The van der Waals surface area contributed by atoms with E-state index in [1.165, 1.54) is 0 Å². The normalized spacial score (nSPS) is 25.9. The second-order valence-electron chi connectivity index (χ2n) is 3.23. The lowest BCUT2D eigenvalue weighted by Gasteiger charge is -2.26. The lowest BCUT2D eigenvalue weighted by Crippen LogP contribution is -2.36. The Bertz CT molecular complexity index is 368. The van der Waals surface area contributed by atoms with Crippen molar-refractivity contribution in [2.45, 2.75) is 12.5 Å². The van der Waals surface area contributed by atoms with Gasteiger partial charge in [0.15, 0.2) is 0 Å². The summed E-state index contributed by atoms with van der Waals surface area (Å²) in [6.07, 6.45) is 7.41. The number of amides is 2. The average molecular weight is 190 g/mol. The molecule has 0 aliphatic carbocycles. The van der Waals surface area contributed by atoms with Gasteiger partial charge in [0.2, 0.25) is 11.8 Å². The molecule has 0 saturated carbocycles. The second kappa shape index (κ2) is 3.14. The van der Waals surface area contributed by atoms with Gasteiger partial charge in [0.25, 0.3) is 0 Å². The fourth-order valence-corrected chi connectivity index (χ4v) is 1.56. The molecular formula is C10H10N2O2. The first-order valence-electron chi connectivity index (χ1n) is 4.34. The minimum absolute atomic E-state index is 0.204. The third kappa shape index (κ3) is 1.35. The van der Waals surface area contributed by atoms with E-state index in [-0.39, 0.29) is 18.2 Å². The maximum atomic E-state index is 11.4. The molecule has 2 amide bonds. The van der Waals surface area contributed by atoms with Gasteiger partial charge in [0, 0.05) is 11.9 Å². The van der Waals surface area contributed by atoms with Gasteiger partial charge >= 0.3 is 0 Å². The highest BCUT2D eigenvalue weighted by Gasteiger charge is 2.34. The van der Waals surface area contributed by atoms with Crippen molar-refractivity contribution in [3.8, 4) is 0 Å². The molecule has 2 heterocycles. The monoisotopic (exact) mass is 190 g/mol. The molecule has 2 aliphatic heterocycles. The van der Waals surface area contributed by atoms with Crippen LogP contribution in [0.3, 0.4) is 0 Å². The number of hydrogen-bond acceptors (Lipinski definition) is 3. The van der Waals surface area contributed by atoms with E-state index in [0.29, 0.717) is 0 Å². The molecule has 1 saturated heterocycles. The summed E-state index contributed by atoms with van der Waals surface area (Å²) in [6.45, 7) is 3.80. The van der Waals surface area contributed by atoms with Crippen molar-refractivity contribution < 1.29 is 9.59 Å². The van der Waals surface area contributed by atoms with Gasteiger partial charge in [-0.1, -0.05) is 12.7 Å². The predicted octanol–water partition coefficient (Wildman–Crippen LogP) is 0.301. The molecule has 1 N–H and O–H groups in total. The summed E-state index contributed by atoms with van der Waals surface area (Å²) >= 11 is 0. The Kier molecular flexibility index (Phi) is 1.96. The van der Waals surface area contributed by atoms with Gasteiger partial charge in [0.1, 0.15) is 6.04 Å². The van der Waals surface area contributed by atoms with Crippen molar-refractivity contribution in [1.29, 1.82) is 0 Å². The molecule has 0 spiro atoms. The van der Waals surface area contributed by atoms with E-state index in [4.69, 9.17) is 0 Å². The number of hydrogen-bond donors (Lipinski definition) is 1. The topological polar surface area (TPSA) is 49.4 Å². The molecule has 1 unspecified atom stereocenters. The van der Waals surface area contributed by atoms with E-state index < -0.39 is 6.04 Å². The lowest BCUT2D eigenvalue weighted by atomic mass is 10.1. The number of nitrogens with zero attached hydrogens (tertiary/aromatic N) is 1. The zero-order valence-corrected chi connectivity index (χ0v) is 7.56. The summed E-state index contributed by atoms with van der Waals surface area (Å²) in [7, 11) is 0. The molecule has 0 aromatic heterocycles. The SMILES string of the molecule is C=C1C=CC=CN1C1CC(=O)NC1=O. The average Bonchev–Trinajstić information content (AvgIpc) is 2.46. The highest BCUT2D eigenvalue weighted by molar-refractivity contribution is 6.05. The Labute approximate surface area is 81.6 Å². The largest absolute Gasteiger partial charge is 0.336 e. The van der Waals surface area contributed by atoms with Crippen molar-refractivity contribution >= 4 is 11.8 Å². The van der Waals surface area contributed by atoms with Gasteiger partial charge in [-0.05, 0) is 12.2 Å². The van der Waals surface area contributed by atoms with Crippen LogP contribution in [0.15, 0.2) is 36.7 Å². The van der Waals surface area contributed by atoms with Crippen molar-refractivity contribution in [3.63, 3.8) is 0 Å². The Hall–Kier alpha value is -1.84. The van der Waals surface area contributed by atoms with Gasteiger partial charge in [0.05, 0.1) is 6.42 Å². The summed E-state index contributed by atoms with van der Waals surface area (Å²) in [5.41, 5.74) is 0.724. The first kappa shape index (κ1) is 8.74. The van der Waals surface area contributed by atoms with E-state index in [1.807, 2.05) is 12.2 Å². The number of imide groups is 1. The van der Waals surface area contributed by atoms with Crippen LogP contribution in [-0.2, 0) is 9.59 Å². The summed E-state index contributed by atoms with van der Waals surface area (Å²) in [5.74, 6) is -0.480. The first-order chi connectivity index (χ1) is 6.68. The number of nitrogens with one attached hydrogen (secondary N) is 1. The third-order valence-corrected chi connectivity index (χ3v) is 2.26. The molecule has 0 aromatic rings. The highest BCUT2D eigenvalue weighted by atomic mass is 16.2. The van der Waals surface area contributed by atoms with Crippen LogP contribution in [0.1, 0.15) is 6.42 Å². The van der Waals surface area contributed by atoms with E-state index in [9.17, 15) is 9.59 Å². The van der Waals surface area contributed by atoms with Crippen molar-refractivity contribution in [2.24, 2.45) is 0 Å². The summed E-state index contributed by atoms with van der Waals surface area (Å²) in [6, 6.07) is -0.434. The van der Waals surface area contributed by atoms with Crippen LogP contribution in [0.25, 0.3) is 0 Å². The molecule has 1 fully saturated rings. The zero-order chi connectivity index (χ0) is 10.1. The Morgan fingerprint density at radius 1 is 1.43 bits per heavy atom. The Balaban J connectivity index is 2.19. The minimum atomic E-state index is -0.434. The van der Waals surface area contributed by atoms with Crippen LogP contribution < -0.4 is 5.32 Å². The van der Waals surface area contributed by atoms with Gasteiger partial charge in [-0.15, -0.1) is 0 Å². The minimum Gasteiger partial charge on any atom is -0.336 e. The van der Waals surface area contributed by atoms with Crippen LogP contribution in [0.4, 0.5) is 0 Å². The van der Waals surface area contributed by atoms with Gasteiger partial charge in [-0.3, -0.25) is 14.9 Å². The summed E-state index contributed by atoms with van der Waals surface area (Å²) < 4.78 is 0. The van der Waals surface area contributed by atoms with Crippen molar-refractivity contribution in [2.75, 3.05) is 0 Å². The van der Waals surface area contributed by atoms with E-state index in [0.717, 1.165) is 5.70 Å². The molecule has 2 aliphatic rings. The maximum Gasteiger partial charge on any atom is 0.250 e. The summed E-state index contributed by atoms with van der Waals surface area (Å²) in [4.78, 5) is 24.0. The van der Waals surface area contributed by atoms with Crippen LogP contribution in [0.2, 0.25) is 0 Å². The second-order valence-corrected chi connectivity index (χ2v) is 3.23. The zero-order valence-electron chi connectivity index (χ0n) is 7.56. The van der Waals surface area contributed by atoms with Gasteiger partial charge < -0.3 is 4.90 Å². The molecule has 0 radical (unpaired) electrons. The number of allylic oxidation sites excluding steroid dienone is 3. The molecule has 0 aromatic carbocycles. The molecule has 4 heteroatoms. The van der Waals surface area contributed by atoms with Crippen molar-refractivity contribution in [1.82, 2.24) is 10.2 Å². The fraction of sp³-hybridized carbons (Fsp3) is 0.200. The Morgan fingerprint density at radius 3 is 2.79 bits per heavy atom. The number of rotatable bonds is 1. The van der Waals surface area contributed by atoms with E-state index >= 15 is 0 Å². The van der Waals surface area contributed by atoms with Crippen LogP contribution in [-0.4, -0.2) is 22.8 Å². The third-order valence-electron chi connectivity index (χ3n) is 2.26. The van der Waals surface area contributed by atoms with Crippen molar-refractivity contribution in [3.05, 3.63) is 36.7 Å². The van der Waals surface area contributed by atoms with Crippen LogP contribution in [0, 0.1) is 0 Å². The molecule has 1 atom stereocenters. The quantitative estimate of drug-likeness (QED) is 0.605. The maximum absolute atomic E-state index is 11.4. The predicted molar refractivity (Wildman–Crippen MR) is 50.8 cm³/mol. The summed E-state index contributed by atoms with van der Waals surface area (Å²) in [5, 5.41) is 2.27. The van der Waals surface area contributed by atoms with Crippen LogP contribution in [0.5, 0.6) is 0 Å². The molecule has 4 nitrogen and oxygen atoms in total. The molecule has 2 rings (SSSR count). The van der Waals surface area contributed by atoms with Gasteiger partial charge in [-0.25, -0.2) is 0 Å². The molecule has 72 valence electrons. The van der Waals surface area contributed by atoms with E-state index in [2.05, 4.69) is 11.9 Å². The Morgan fingerprint density at radius 2 is 2.21 bits per heavy atom. The fourth-order valence-electron chi connectivity index (χ4n) is 1.56. The first-order valence-corrected chi connectivity index (χ1v) is 4.34. The highest BCUT2D eigenvalue weighted by Crippen LogP contribution is 2.19. The van der Waals surface area contributed by atoms with Gasteiger partial charge in [-0.2, -0.15) is 0 Å². The van der Waals surface area contributed by atoms with Crippen LogP contribution >= 0.6 is 0 Å². The van der Waals surface area contributed by atoms with E-state index in [1.54, 1.807) is 17.2 Å². The molecule has 14 heavy (non-hydrogen) atoms. The number of carbonyl (C=O) groups excluding carboxylic acids is 2. The molecule has 0 bridgehead atoms.